The van der Waals surface area contributed by atoms with E-state index in [0.29, 0.717) is 13.2 Å². The monoisotopic (exact) mass is 203 g/mol. The third-order valence-electron chi connectivity index (χ3n) is 0.447. The third kappa shape index (κ3) is 65.5. The molecule has 0 aliphatic rings. The standard InChI is InChI=1S/2C3H8O.ClH.Ti/c2*1-2-3-4;;/h2*4H,2-3H2,1H3;1H;/q;;;+4/p-1. The Hall–Kier alpha value is 0.924. The van der Waals surface area contributed by atoms with Crippen LogP contribution in [0.15, 0.2) is 0 Å². The molecule has 0 unspecified atom stereocenters. The van der Waals surface area contributed by atoms with Gasteiger partial charge in [-0.1, -0.05) is 13.8 Å². The topological polar surface area (TPSA) is 40.5 Å². The molecule has 0 saturated heterocycles. The summed E-state index contributed by atoms with van der Waals surface area (Å²) in [4.78, 5) is 0. The van der Waals surface area contributed by atoms with Gasteiger partial charge in [-0.3, -0.25) is 0 Å². The van der Waals surface area contributed by atoms with Crippen LogP contribution in [0.3, 0.4) is 0 Å². The Morgan fingerprint density at radius 1 is 1.00 bits per heavy atom. The fraction of sp³-hybridized carbons (Fsp3) is 1.00. The Labute approximate surface area is 78.9 Å². The summed E-state index contributed by atoms with van der Waals surface area (Å²) in [6.07, 6.45) is 1.75. The average Bonchev–Trinajstić information content (AvgIpc) is 2.08. The van der Waals surface area contributed by atoms with Crippen LogP contribution in [0.4, 0.5) is 0 Å². The minimum atomic E-state index is 0.319. The zero-order chi connectivity index (χ0) is 8.83. The Bertz CT molecular complexity index is 23.7. The first kappa shape index (κ1) is 17.1. The normalized spacial score (nSPS) is 6.70. The van der Waals surface area contributed by atoms with Gasteiger partial charge in [0, 0.05) is 13.2 Å². The molecule has 0 aliphatic carbocycles. The molecule has 0 saturated carbocycles. The van der Waals surface area contributed by atoms with Crippen molar-refractivity contribution in [1.82, 2.24) is 0 Å². The summed E-state index contributed by atoms with van der Waals surface area (Å²) >= 11 is 1.47. The van der Waals surface area contributed by atoms with Crippen LogP contribution < -0.4 is 0 Å². The molecule has 0 radical (unpaired) electrons. The van der Waals surface area contributed by atoms with Crippen molar-refractivity contribution in [1.29, 1.82) is 0 Å². The van der Waals surface area contributed by atoms with Crippen LogP contribution in [0.2, 0.25) is 0 Å². The van der Waals surface area contributed by atoms with Gasteiger partial charge in [-0.2, -0.15) is 0 Å². The Morgan fingerprint density at radius 3 is 1.10 bits per heavy atom. The molecule has 0 atom stereocenters. The van der Waals surface area contributed by atoms with E-state index in [0.717, 1.165) is 12.8 Å². The summed E-state index contributed by atoms with van der Waals surface area (Å²) in [5, 5.41) is 15.8. The summed E-state index contributed by atoms with van der Waals surface area (Å²) in [5.74, 6) is 0. The summed E-state index contributed by atoms with van der Waals surface area (Å²) < 4.78 is 0. The van der Waals surface area contributed by atoms with Gasteiger partial charge < -0.3 is 10.2 Å². The summed E-state index contributed by atoms with van der Waals surface area (Å²) in [6, 6.07) is 0. The third-order valence-corrected chi connectivity index (χ3v) is 0.447. The number of aliphatic hydroxyl groups excluding tert-OH is 2. The van der Waals surface area contributed by atoms with Crippen LogP contribution in [-0.2, 0) is 19.4 Å². The molecule has 0 bridgehead atoms. The van der Waals surface area contributed by atoms with Gasteiger partial charge in [0.2, 0.25) is 0 Å². The number of hydrogen-bond acceptors (Lipinski definition) is 2. The van der Waals surface area contributed by atoms with Crippen LogP contribution in [0.1, 0.15) is 26.7 Å². The molecule has 0 heterocycles. The minimum absolute atomic E-state index is 0.319. The average molecular weight is 204 g/mol. The van der Waals surface area contributed by atoms with Crippen LogP contribution in [0.5, 0.6) is 0 Å². The van der Waals surface area contributed by atoms with E-state index in [1.165, 1.54) is 19.4 Å². The summed E-state index contributed by atoms with van der Waals surface area (Å²) in [6.45, 7) is 4.50. The van der Waals surface area contributed by atoms with Crippen LogP contribution in [0.25, 0.3) is 0 Å². The first-order valence-corrected chi connectivity index (χ1v) is 5.38. The van der Waals surface area contributed by atoms with Crippen LogP contribution in [-0.4, -0.2) is 23.4 Å². The zero-order valence-corrected chi connectivity index (χ0v) is 8.92. The number of hydrogen-bond donors (Lipinski definition) is 2. The van der Waals surface area contributed by atoms with Crippen molar-refractivity contribution < 1.29 is 29.6 Å². The van der Waals surface area contributed by atoms with Crippen molar-refractivity contribution in [3.8, 4) is 0 Å². The molecule has 0 aromatic rings. The molecule has 60 valence electrons. The van der Waals surface area contributed by atoms with E-state index in [-0.39, 0.29) is 0 Å². The van der Waals surface area contributed by atoms with Crippen LogP contribution >= 0.6 is 9.30 Å². The molecule has 0 aromatic carbocycles. The van der Waals surface area contributed by atoms with Crippen molar-refractivity contribution in [2.24, 2.45) is 0 Å². The Morgan fingerprint density at radius 2 is 1.10 bits per heavy atom. The molecule has 0 spiro atoms. The van der Waals surface area contributed by atoms with Gasteiger partial charge >= 0.3 is 28.7 Å². The molecular formula is C6H16ClO2Ti+3. The molecule has 0 aromatic heterocycles. The quantitative estimate of drug-likeness (QED) is 0.667. The second-order valence-electron chi connectivity index (χ2n) is 1.45. The maximum absolute atomic E-state index is 7.88. The van der Waals surface area contributed by atoms with E-state index in [2.05, 4.69) is 9.30 Å². The zero-order valence-electron chi connectivity index (χ0n) is 6.60. The van der Waals surface area contributed by atoms with E-state index < -0.39 is 0 Å². The molecule has 10 heavy (non-hydrogen) atoms. The van der Waals surface area contributed by atoms with Gasteiger partial charge in [-0.15, -0.1) is 0 Å². The van der Waals surface area contributed by atoms with Crippen molar-refractivity contribution >= 4 is 9.30 Å². The fourth-order valence-electron chi connectivity index (χ4n) is 0. The molecule has 2 N–H and O–H groups in total. The Balaban J connectivity index is -0.0000000787. The van der Waals surface area contributed by atoms with E-state index in [9.17, 15) is 0 Å². The molecule has 4 heteroatoms. The van der Waals surface area contributed by atoms with Gasteiger partial charge in [-0.05, 0) is 12.8 Å². The number of rotatable bonds is 2. The van der Waals surface area contributed by atoms with Crippen molar-refractivity contribution in [2.45, 2.75) is 26.7 Å². The second-order valence-corrected chi connectivity index (χ2v) is 1.45. The predicted octanol–water partition coefficient (Wildman–Crippen LogP) is 1.46. The van der Waals surface area contributed by atoms with Gasteiger partial charge in [0.05, 0.1) is 0 Å². The van der Waals surface area contributed by atoms with E-state index >= 15 is 0 Å². The van der Waals surface area contributed by atoms with Crippen molar-refractivity contribution in [2.75, 3.05) is 13.2 Å². The van der Waals surface area contributed by atoms with Crippen molar-refractivity contribution in [3.05, 3.63) is 0 Å². The SMILES string of the molecule is CCCO.CCCO.[Cl][Ti+3]. The summed E-state index contributed by atoms with van der Waals surface area (Å²) in [7, 11) is 4.64. The fourth-order valence-corrected chi connectivity index (χ4v) is 0. The number of aliphatic hydroxyl groups is 2. The second kappa shape index (κ2) is 32.6. The van der Waals surface area contributed by atoms with Gasteiger partial charge in [0.15, 0.2) is 0 Å². The maximum atomic E-state index is 7.88. The van der Waals surface area contributed by atoms with Crippen molar-refractivity contribution in [3.63, 3.8) is 0 Å². The molecule has 0 fully saturated rings. The molecule has 2 nitrogen and oxygen atoms in total. The van der Waals surface area contributed by atoms with Crippen LogP contribution in [0, 0.1) is 0 Å². The van der Waals surface area contributed by atoms with E-state index in [4.69, 9.17) is 10.2 Å². The molecule has 0 amide bonds. The van der Waals surface area contributed by atoms with Gasteiger partial charge in [-0.25, -0.2) is 0 Å². The van der Waals surface area contributed by atoms with Gasteiger partial charge in [0.25, 0.3) is 0 Å². The Kier molecular flexibility index (Phi) is 55.9. The molecular weight excluding hydrogens is 187 g/mol. The van der Waals surface area contributed by atoms with E-state index in [1.807, 2.05) is 13.8 Å². The first-order valence-electron chi connectivity index (χ1n) is 3.24. The summed E-state index contributed by atoms with van der Waals surface area (Å²) in [5.41, 5.74) is 0. The van der Waals surface area contributed by atoms with Gasteiger partial charge in [0.1, 0.15) is 0 Å². The first-order chi connectivity index (χ1) is 4.83. The molecule has 0 aliphatic heterocycles. The number of halogens is 1. The molecule has 0 rings (SSSR count). The van der Waals surface area contributed by atoms with E-state index in [1.54, 1.807) is 0 Å². The predicted molar refractivity (Wildman–Crippen MR) is 40.6 cm³/mol.